The van der Waals surface area contributed by atoms with Gasteiger partial charge in [-0.2, -0.15) is 0 Å². The lowest BCUT2D eigenvalue weighted by Gasteiger charge is -2.35. The van der Waals surface area contributed by atoms with Gasteiger partial charge in [0.1, 0.15) is 5.92 Å². The highest BCUT2D eigenvalue weighted by Gasteiger charge is 2.47. The van der Waals surface area contributed by atoms with E-state index in [1.807, 2.05) is 13.8 Å². The molecule has 0 aromatic carbocycles. The Balaban J connectivity index is 2.97. The first-order valence-corrected chi connectivity index (χ1v) is 8.17. The number of hydrogen-bond donors (Lipinski definition) is 0. The van der Waals surface area contributed by atoms with Gasteiger partial charge in [-0.3, -0.25) is 9.59 Å². The molecule has 0 aromatic heterocycles. The SMILES string of the molecule is CCCCOC1(C(=O)CC)C=CC=CC1C(=O)OCC(C)C. The molecule has 4 nitrogen and oxygen atoms in total. The standard InChI is InChI=1S/C18H28O4/c1-5-7-12-22-18(16(19)6-2)11-9-8-10-15(18)17(20)21-13-14(3)4/h8-11,14-15H,5-7,12-13H2,1-4H3. The number of carbonyl (C=O) groups excluding carboxylic acids is 2. The molecule has 1 rings (SSSR count). The maximum Gasteiger partial charge on any atom is 0.316 e. The molecule has 1 aliphatic rings. The van der Waals surface area contributed by atoms with Gasteiger partial charge in [-0.25, -0.2) is 0 Å². The van der Waals surface area contributed by atoms with Gasteiger partial charge in [0, 0.05) is 13.0 Å². The van der Waals surface area contributed by atoms with E-state index < -0.39 is 17.5 Å². The van der Waals surface area contributed by atoms with Gasteiger partial charge >= 0.3 is 5.97 Å². The molecule has 0 aromatic rings. The molecule has 0 fully saturated rings. The molecule has 1 aliphatic carbocycles. The zero-order valence-corrected chi connectivity index (χ0v) is 14.1. The van der Waals surface area contributed by atoms with E-state index in [-0.39, 0.29) is 11.7 Å². The summed E-state index contributed by atoms with van der Waals surface area (Å²) in [7, 11) is 0. The Bertz CT molecular complexity index is 436. The minimum Gasteiger partial charge on any atom is -0.465 e. The molecule has 0 heterocycles. The Morgan fingerprint density at radius 3 is 2.55 bits per heavy atom. The third-order valence-corrected chi connectivity index (χ3v) is 3.63. The van der Waals surface area contributed by atoms with Crippen molar-refractivity contribution in [3.8, 4) is 0 Å². The average Bonchev–Trinajstić information content (AvgIpc) is 2.52. The summed E-state index contributed by atoms with van der Waals surface area (Å²) in [6, 6.07) is 0. The van der Waals surface area contributed by atoms with Crippen LogP contribution in [-0.4, -0.2) is 30.6 Å². The zero-order chi connectivity index (χ0) is 16.6. The maximum atomic E-state index is 12.5. The monoisotopic (exact) mass is 308 g/mol. The van der Waals surface area contributed by atoms with Gasteiger partial charge < -0.3 is 9.47 Å². The second kappa shape index (κ2) is 8.89. The summed E-state index contributed by atoms with van der Waals surface area (Å²) in [5, 5.41) is 0. The van der Waals surface area contributed by atoms with E-state index in [9.17, 15) is 9.59 Å². The molecule has 124 valence electrons. The fourth-order valence-corrected chi connectivity index (χ4v) is 2.36. The Hall–Kier alpha value is -1.42. The number of ether oxygens (including phenoxy) is 2. The molecule has 22 heavy (non-hydrogen) atoms. The molecule has 0 N–H and O–H groups in total. The Morgan fingerprint density at radius 2 is 1.95 bits per heavy atom. The van der Waals surface area contributed by atoms with Crippen LogP contribution in [0, 0.1) is 11.8 Å². The lowest BCUT2D eigenvalue weighted by Crippen LogP contribution is -2.50. The number of esters is 1. The lowest BCUT2D eigenvalue weighted by atomic mass is 9.79. The number of hydrogen-bond acceptors (Lipinski definition) is 4. The van der Waals surface area contributed by atoms with Gasteiger partial charge in [-0.15, -0.1) is 0 Å². The second-order valence-corrected chi connectivity index (χ2v) is 6.02. The molecule has 2 unspecified atom stereocenters. The largest absolute Gasteiger partial charge is 0.465 e. The van der Waals surface area contributed by atoms with Crippen LogP contribution in [0.4, 0.5) is 0 Å². The van der Waals surface area contributed by atoms with E-state index in [0.717, 1.165) is 12.8 Å². The summed E-state index contributed by atoms with van der Waals surface area (Å²) in [5.74, 6) is -0.937. The number of allylic oxidation sites excluding steroid dienone is 2. The van der Waals surface area contributed by atoms with Crippen LogP contribution in [0.2, 0.25) is 0 Å². The van der Waals surface area contributed by atoms with E-state index in [0.29, 0.717) is 19.6 Å². The van der Waals surface area contributed by atoms with Crippen molar-refractivity contribution >= 4 is 11.8 Å². The fourth-order valence-electron chi connectivity index (χ4n) is 2.36. The number of rotatable bonds is 9. The molecule has 0 aliphatic heterocycles. The van der Waals surface area contributed by atoms with Crippen molar-refractivity contribution in [3.05, 3.63) is 24.3 Å². The van der Waals surface area contributed by atoms with Crippen LogP contribution in [0.1, 0.15) is 47.0 Å². The number of ketones is 1. The summed E-state index contributed by atoms with van der Waals surface area (Å²) in [6.45, 7) is 8.60. The van der Waals surface area contributed by atoms with Crippen molar-refractivity contribution in [2.45, 2.75) is 52.6 Å². The number of unbranched alkanes of at least 4 members (excludes halogenated alkanes) is 1. The van der Waals surface area contributed by atoms with Crippen LogP contribution in [0.3, 0.4) is 0 Å². The van der Waals surface area contributed by atoms with Gasteiger partial charge in [0.25, 0.3) is 0 Å². The first kappa shape index (κ1) is 18.6. The molecule has 2 atom stereocenters. The van der Waals surface area contributed by atoms with Crippen molar-refractivity contribution in [2.75, 3.05) is 13.2 Å². The zero-order valence-electron chi connectivity index (χ0n) is 14.1. The minimum atomic E-state index is -1.22. The van der Waals surface area contributed by atoms with Gasteiger partial charge in [0.15, 0.2) is 11.4 Å². The first-order chi connectivity index (χ1) is 10.5. The predicted molar refractivity (Wildman–Crippen MR) is 86.5 cm³/mol. The van der Waals surface area contributed by atoms with Crippen LogP contribution in [-0.2, 0) is 19.1 Å². The third-order valence-electron chi connectivity index (χ3n) is 3.63. The van der Waals surface area contributed by atoms with Crippen molar-refractivity contribution in [1.82, 2.24) is 0 Å². The van der Waals surface area contributed by atoms with Crippen molar-refractivity contribution in [1.29, 1.82) is 0 Å². The first-order valence-electron chi connectivity index (χ1n) is 8.17. The van der Waals surface area contributed by atoms with Gasteiger partial charge in [0.05, 0.1) is 6.61 Å². The smallest absolute Gasteiger partial charge is 0.316 e. The molecule has 0 saturated carbocycles. The van der Waals surface area contributed by atoms with Crippen LogP contribution in [0.15, 0.2) is 24.3 Å². The van der Waals surface area contributed by atoms with Crippen molar-refractivity contribution < 1.29 is 19.1 Å². The Morgan fingerprint density at radius 1 is 1.23 bits per heavy atom. The van der Waals surface area contributed by atoms with Crippen LogP contribution < -0.4 is 0 Å². The Kier molecular flexibility index (Phi) is 7.52. The summed E-state index contributed by atoms with van der Waals surface area (Å²) >= 11 is 0. The number of carbonyl (C=O) groups is 2. The summed E-state index contributed by atoms with van der Waals surface area (Å²) in [6.07, 6.45) is 9.09. The fraction of sp³-hybridized carbons (Fsp3) is 0.667. The van der Waals surface area contributed by atoms with E-state index in [2.05, 4.69) is 6.92 Å². The Labute approximate surface area is 133 Å². The van der Waals surface area contributed by atoms with Crippen LogP contribution in [0.5, 0.6) is 0 Å². The normalized spacial score (nSPS) is 23.8. The molecule has 0 saturated heterocycles. The second-order valence-electron chi connectivity index (χ2n) is 6.02. The highest BCUT2D eigenvalue weighted by Crippen LogP contribution is 2.32. The minimum absolute atomic E-state index is 0.0873. The molecule has 0 bridgehead atoms. The van der Waals surface area contributed by atoms with Gasteiger partial charge in [0.2, 0.25) is 0 Å². The van der Waals surface area contributed by atoms with Crippen LogP contribution >= 0.6 is 0 Å². The molecular formula is C18H28O4. The van der Waals surface area contributed by atoms with Crippen molar-refractivity contribution in [3.63, 3.8) is 0 Å². The quantitative estimate of drug-likeness (QED) is 0.483. The predicted octanol–water partition coefficient (Wildman–Crippen LogP) is 3.46. The van der Waals surface area contributed by atoms with Gasteiger partial charge in [-0.05, 0) is 18.4 Å². The highest BCUT2D eigenvalue weighted by molar-refractivity contribution is 5.96. The maximum absolute atomic E-state index is 12.5. The average molecular weight is 308 g/mol. The molecule has 0 amide bonds. The third kappa shape index (κ3) is 4.54. The van der Waals surface area contributed by atoms with Crippen molar-refractivity contribution in [2.24, 2.45) is 11.8 Å². The van der Waals surface area contributed by atoms with E-state index in [1.54, 1.807) is 31.2 Å². The molecule has 0 spiro atoms. The number of Topliss-reactive ketones (excluding diaryl/α,β-unsaturated/α-hetero) is 1. The van der Waals surface area contributed by atoms with Crippen LogP contribution in [0.25, 0.3) is 0 Å². The summed E-state index contributed by atoms with van der Waals surface area (Å²) < 4.78 is 11.3. The molecular weight excluding hydrogens is 280 g/mol. The lowest BCUT2D eigenvalue weighted by molar-refractivity contribution is -0.164. The van der Waals surface area contributed by atoms with E-state index in [1.165, 1.54) is 0 Å². The van der Waals surface area contributed by atoms with E-state index in [4.69, 9.17) is 9.47 Å². The topological polar surface area (TPSA) is 52.6 Å². The molecule has 4 heteroatoms. The van der Waals surface area contributed by atoms with E-state index >= 15 is 0 Å². The summed E-state index contributed by atoms with van der Waals surface area (Å²) in [5.41, 5.74) is -1.22. The highest BCUT2D eigenvalue weighted by atomic mass is 16.5. The summed E-state index contributed by atoms with van der Waals surface area (Å²) in [4.78, 5) is 24.9. The van der Waals surface area contributed by atoms with Gasteiger partial charge in [-0.1, -0.05) is 52.3 Å². The molecule has 0 radical (unpaired) electrons.